The minimum Gasteiger partial charge on any atom is -0.380 e. The van der Waals surface area contributed by atoms with E-state index in [0.717, 1.165) is 25.9 Å². The normalized spacial score (nSPS) is 25.9. The first kappa shape index (κ1) is 7.63. The second-order valence-electron chi connectivity index (χ2n) is 2.30. The van der Waals surface area contributed by atoms with E-state index in [4.69, 9.17) is 0 Å². The Morgan fingerprint density at radius 3 is 2.33 bits per heavy atom. The number of hydrogen-bond donors (Lipinski definition) is 2. The number of halogens is 1. The van der Waals surface area contributed by atoms with E-state index in [1.165, 1.54) is 0 Å². The Kier molecular flexibility index (Phi) is 2.60. The van der Waals surface area contributed by atoms with Crippen LogP contribution < -0.4 is 5.32 Å². The van der Waals surface area contributed by atoms with Crippen LogP contribution in [0.25, 0.3) is 0 Å². The van der Waals surface area contributed by atoms with Gasteiger partial charge in [0.2, 0.25) is 0 Å². The van der Waals surface area contributed by atoms with Gasteiger partial charge in [0, 0.05) is 0 Å². The zero-order valence-corrected chi connectivity index (χ0v) is 7.52. The Morgan fingerprint density at radius 1 is 1.44 bits per heavy atom. The monoisotopic (exact) mass is 241 g/mol. The number of rotatable bonds is 1. The Labute approximate surface area is 65.4 Å². The maximum atomic E-state index is 9.63. The van der Waals surface area contributed by atoms with Crippen LogP contribution in [0.4, 0.5) is 0 Å². The van der Waals surface area contributed by atoms with Crippen LogP contribution in [-0.4, -0.2) is 26.3 Å². The molecule has 54 valence electrons. The molecule has 1 saturated heterocycles. The lowest BCUT2D eigenvalue weighted by Crippen LogP contribution is -2.37. The summed E-state index contributed by atoms with van der Waals surface area (Å²) in [5.41, 5.74) is 0. The molecule has 1 aliphatic heterocycles. The molecule has 1 aliphatic rings. The Bertz CT molecular complexity index is 110. The molecule has 1 rings (SSSR count). The van der Waals surface area contributed by atoms with E-state index in [2.05, 4.69) is 9.83 Å². The summed E-state index contributed by atoms with van der Waals surface area (Å²) < 4.78 is 3.47. The van der Waals surface area contributed by atoms with E-state index in [1.807, 2.05) is 0 Å². The average molecular weight is 241 g/mol. The van der Waals surface area contributed by atoms with Gasteiger partial charge in [0.25, 0.3) is 0 Å². The molecule has 0 amide bonds. The van der Waals surface area contributed by atoms with Gasteiger partial charge in [-0.25, -0.2) is 0 Å². The average Bonchev–Trinajstić information content (AvgIpc) is 1.90. The minimum atomic E-state index is -0.343. The van der Waals surface area contributed by atoms with Gasteiger partial charge in [0.05, 0.1) is 0 Å². The highest BCUT2D eigenvalue weighted by atomic mass is 127. The molecule has 0 saturated carbocycles. The molecule has 0 atom stereocenters. The topological polar surface area (TPSA) is 32.3 Å². The molecule has 1 fully saturated rings. The van der Waals surface area contributed by atoms with Gasteiger partial charge in [-0.05, 0) is 25.9 Å². The van der Waals surface area contributed by atoms with Crippen molar-refractivity contribution in [3.63, 3.8) is 0 Å². The third kappa shape index (κ3) is 1.98. The number of aliphatic hydroxyl groups is 1. The maximum absolute atomic E-state index is 9.63. The summed E-state index contributed by atoms with van der Waals surface area (Å²) in [6, 6.07) is 0. The molecule has 0 aliphatic carbocycles. The quantitative estimate of drug-likeness (QED) is 0.516. The second kappa shape index (κ2) is 3.07. The molecular weight excluding hydrogens is 229 g/mol. The summed E-state index contributed by atoms with van der Waals surface area (Å²) in [6.45, 7) is 1.93. The van der Waals surface area contributed by atoms with E-state index in [9.17, 15) is 5.11 Å². The largest absolute Gasteiger partial charge is 0.380 e. The van der Waals surface area contributed by atoms with Crippen molar-refractivity contribution < 1.29 is 5.11 Å². The van der Waals surface area contributed by atoms with Gasteiger partial charge >= 0.3 is 0 Å². The lowest BCUT2D eigenvalue weighted by Gasteiger charge is -2.28. The van der Waals surface area contributed by atoms with E-state index < -0.39 is 0 Å². The van der Waals surface area contributed by atoms with Gasteiger partial charge in [-0.1, -0.05) is 25.2 Å². The van der Waals surface area contributed by atoms with Crippen LogP contribution in [0, 0.1) is 0 Å². The molecule has 0 aromatic carbocycles. The molecule has 2 nitrogen and oxygen atoms in total. The van der Waals surface area contributed by atoms with Crippen molar-refractivity contribution in [2.75, 3.05) is 13.1 Å². The number of alkyl halides is 1. The molecule has 0 aromatic rings. The summed E-state index contributed by atoms with van der Waals surface area (Å²) in [6.07, 6.45) is 1.81. The molecular formula is C6H12INO. The van der Waals surface area contributed by atoms with Crippen molar-refractivity contribution in [2.45, 2.75) is 16.4 Å². The molecule has 0 bridgehead atoms. The second-order valence-corrected chi connectivity index (χ2v) is 5.07. The van der Waals surface area contributed by atoms with Gasteiger partial charge < -0.3 is 10.4 Å². The van der Waals surface area contributed by atoms with Crippen LogP contribution in [0.3, 0.4) is 0 Å². The first-order valence-electron chi connectivity index (χ1n) is 3.09. The van der Waals surface area contributed by atoms with E-state index in [0.29, 0.717) is 0 Å². The van der Waals surface area contributed by atoms with Crippen LogP contribution in [0.2, 0.25) is 0 Å². The van der Waals surface area contributed by atoms with Crippen molar-refractivity contribution in [2.24, 2.45) is 0 Å². The Morgan fingerprint density at radius 2 is 2.00 bits per heavy atom. The van der Waals surface area contributed by atoms with Crippen molar-refractivity contribution in [3.05, 3.63) is 0 Å². The van der Waals surface area contributed by atoms with Crippen LogP contribution in [0.1, 0.15) is 12.8 Å². The van der Waals surface area contributed by atoms with Crippen molar-refractivity contribution in [3.8, 4) is 0 Å². The minimum absolute atomic E-state index is 0.232. The summed E-state index contributed by atoms with van der Waals surface area (Å²) in [5, 5.41) is 12.8. The zero-order valence-electron chi connectivity index (χ0n) is 5.36. The van der Waals surface area contributed by atoms with Gasteiger partial charge in [-0.15, -0.1) is 0 Å². The van der Waals surface area contributed by atoms with Gasteiger partial charge in [0.15, 0.2) is 0 Å². The van der Waals surface area contributed by atoms with E-state index >= 15 is 0 Å². The molecule has 1 heterocycles. The standard InChI is InChI=1S/C6H12INO/c1-7-6(9)2-4-8-5-3-6/h8-9H,1-5H2. The molecule has 0 spiro atoms. The van der Waals surface area contributed by atoms with Gasteiger partial charge in [-0.2, -0.15) is 0 Å². The third-order valence-electron chi connectivity index (χ3n) is 1.62. The molecule has 0 radical (unpaired) electrons. The van der Waals surface area contributed by atoms with Crippen molar-refractivity contribution >= 4 is 25.2 Å². The highest BCUT2D eigenvalue weighted by Crippen LogP contribution is 2.28. The summed E-state index contributed by atoms with van der Waals surface area (Å²) in [5.74, 6) is 0. The predicted octanol–water partition coefficient (Wildman–Crippen LogP) is 0.461. The van der Waals surface area contributed by atoms with E-state index in [-0.39, 0.29) is 24.3 Å². The van der Waals surface area contributed by atoms with Gasteiger partial charge in [0.1, 0.15) is 3.61 Å². The Hall–Kier alpha value is 0.520. The summed E-state index contributed by atoms with van der Waals surface area (Å²) >= 11 is -0.232. The fourth-order valence-corrected chi connectivity index (χ4v) is 2.25. The van der Waals surface area contributed by atoms with Crippen molar-refractivity contribution in [1.82, 2.24) is 5.32 Å². The zero-order chi connectivity index (χ0) is 6.74. The third-order valence-corrected chi connectivity index (χ3v) is 4.12. The van der Waals surface area contributed by atoms with E-state index in [1.54, 1.807) is 0 Å². The molecule has 3 heteroatoms. The van der Waals surface area contributed by atoms with Gasteiger partial charge in [-0.3, -0.25) is 0 Å². The van der Waals surface area contributed by atoms with Crippen LogP contribution in [-0.2, 0) is 0 Å². The van der Waals surface area contributed by atoms with Crippen LogP contribution >= 0.6 is 20.7 Å². The molecule has 9 heavy (non-hydrogen) atoms. The SMILES string of the molecule is C=IC1(O)CCNCC1. The molecule has 2 N–H and O–H groups in total. The number of piperidine rings is 1. The molecule has 0 aromatic heterocycles. The smallest absolute Gasteiger partial charge is 0.112 e. The fourth-order valence-electron chi connectivity index (χ4n) is 0.943. The fraction of sp³-hybridized carbons (Fsp3) is 0.833. The molecule has 0 unspecified atom stereocenters. The first-order chi connectivity index (χ1) is 4.27. The predicted molar refractivity (Wildman–Crippen MR) is 48.2 cm³/mol. The lowest BCUT2D eigenvalue weighted by atomic mass is 10.1. The summed E-state index contributed by atoms with van der Waals surface area (Å²) in [7, 11) is 0. The van der Waals surface area contributed by atoms with Crippen molar-refractivity contribution in [1.29, 1.82) is 0 Å². The van der Waals surface area contributed by atoms with Crippen LogP contribution in [0.5, 0.6) is 0 Å². The lowest BCUT2D eigenvalue weighted by molar-refractivity contribution is 0.120. The first-order valence-corrected chi connectivity index (χ1v) is 5.70. The maximum Gasteiger partial charge on any atom is 0.112 e. The summed E-state index contributed by atoms with van der Waals surface area (Å²) in [4.78, 5) is 0. The number of hydrogen-bond acceptors (Lipinski definition) is 2. The Balaban J connectivity index is 2.46. The highest BCUT2D eigenvalue weighted by Gasteiger charge is 2.25. The number of nitrogens with one attached hydrogen (secondary N) is 1. The highest BCUT2D eigenvalue weighted by molar-refractivity contribution is 14.2. The van der Waals surface area contributed by atoms with Crippen LogP contribution in [0.15, 0.2) is 0 Å².